The lowest BCUT2D eigenvalue weighted by atomic mass is 10.0. The summed E-state index contributed by atoms with van der Waals surface area (Å²) in [4.78, 5) is 27.9. The summed E-state index contributed by atoms with van der Waals surface area (Å²) < 4.78 is 32.4. The van der Waals surface area contributed by atoms with E-state index in [2.05, 4.69) is 10.4 Å². The van der Waals surface area contributed by atoms with Gasteiger partial charge in [0.15, 0.2) is 11.6 Å². The van der Waals surface area contributed by atoms with Gasteiger partial charge in [-0.25, -0.2) is 4.39 Å². The first kappa shape index (κ1) is 26.9. The van der Waals surface area contributed by atoms with Crippen molar-refractivity contribution in [1.29, 1.82) is 0 Å². The van der Waals surface area contributed by atoms with Crippen LogP contribution in [0.3, 0.4) is 0 Å². The average Bonchev–Trinajstić information content (AvgIpc) is 3.58. The molecule has 1 aromatic heterocycles. The minimum atomic E-state index is -0.913. The molecule has 39 heavy (non-hydrogen) atoms. The zero-order chi connectivity index (χ0) is 27.6. The number of rotatable bonds is 9. The van der Waals surface area contributed by atoms with Crippen molar-refractivity contribution in [2.24, 2.45) is 0 Å². The zero-order valence-corrected chi connectivity index (χ0v) is 22.2. The average molecular weight is 555 g/mol. The summed E-state index contributed by atoms with van der Waals surface area (Å²) in [5.74, 6) is -0.763. The van der Waals surface area contributed by atoms with Crippen LogP contribution in [0.5, 0.6) is 5.75 Å². The van der Waals surface area contributed by atoms with Crippen molar-refractivity contribution >= 4 is 29.2 Å². The highest BCUT2D eigenvalue weighted by molar-refractivity contribution is 6.32. The largest absolute Gasteiger partial charge is 0.458 e. The molecule has 0 radical (unpaired) electrons. The summed E-state index contributed by atoms with van der Waals surface area (Å²) in [5.41, 5.74) is 0.691. The van der Waals surface area contributed by atoms with Crippen LogP contribution in [-0.2, 0) is 32.0 Å². The van der Waals surface area contributed by atoms with E-state index in [1.54, 1.807) is 53.3 Å². The quantitative estimate of drug-likeness (QED) is 0.426. The number of amides is 2. The van der Waals surface area contributed by atoms with E-state index in [-0.39, 0.29) is 30.8 Å². The van der Waals surface area contributed by atoms with Gasteiger partial charge in [0.05, 0.1) is 24.7 Å². The highest BCUT2D eigenvalue weighted by Gasteiger charge is 2.35. The molecular formula is C28H28ClFN4O5. The van der Waals surface area contributed by atoms with E-state index in [1.807, 2.05) is 13.8 Å². The fourth-order valence-corrected chi connectivity index (χ4v) is 4.67. The summed E-state index contributed by atoms with van der Waals surface area (Å²) in [7, 11) is 0. The number of aromatic nitrogens is 2. The third kappa shape index (κ3) is 6.65. The number of hydrogen-bond donors (Lipinski definition) is 1. The Kier molecular flexibility index (Phi) is 7.69. The van der Waals surface area contributed by atoms with Gasteiger partial charge in [0.2, 0.25) is 5.91 Å². The smallest absolute Gasteiger partial charge is 0.251 e. The fourth-order valence-electron chi connectivity index (χ4n) is 4.50. The lowest BCUT2D eigenvalue weighted by Crippen LogP contribution is -2.47. The van der Waals surface area contributed by atoms with Gasteiger partial charge >= 0.3 is 0 Å². The van der Waals surface area contributed by atoms with Crippen LogP contribution in [0.2, 0.25) is 5.02 Å². The Morgan fingerprint density at radius 2 is 2.00 bits per heavy atom. The molecule has 2 atom stereocenters. The predicted octanol–water partition coefficient (Wildman–Crippen LogP) is 4.18. The number of carbonyl (C=O) groups is 2. The van der Waals surface area contributed by atoms with E-state index < -0.39 is 17.7 Å². The van der Waals surface area contributed by atoms with E-state index in [0.29, 0.717) is 41.1 Å². The maximum Gasteiger partial charge on any atom is 0.251 e. The molecule has 9 nitrogen and oxygen atoms in total. The number of nitrogens with one attached hydrogen (secondary N) is 1. The van der Waals surface area contributed by atoms with Crippen LogP contribution in [0, 0.1) is 5.82 Å². The van der Waals surface area contributed by atoms with Gasteiger partial charge < -0.3 is 24.4 Å². The Balaban J connectivity index is 1.30. The molecule has 1 N–H and O–H groups in total. The standard InChI is InChI=1S/C28H28ClFN4O5/c1-28(2)37-17-21(39-28)15-33-12-11-25(32-33)31-27(36)23(13-18-7-9-19(30)10-8-18)34-16-20(14-26(34)35)38-24-6-4-3-5-22(24)29/h3-12,14,21,23H,13,15-17H2,1-2H3,(H,31,32,36). The molecular weight excluding hydrogens is 527 g/mol. The van der Waals surface area contributed by atoms with E-state index in [9.17, 15) is 14.0 Å². The topological polar surface area (TPSA) is 94.9 Å². The highest BCUT2D eigenvalue weighted by Crippen LogP contribution is 2.28. The van der Waals surface area contributed by atoms with Gasteiger partial charge in [-0.15, -0.1) is 0 Å². The summed E-state index contributed by atoms with van der Waals surface area (Å²) in [6.07, 6.45) is 3.07. The number of para-hydroxylation sites is 1. The molecule has 204 valence electrons. The normalized spacial score (nSPS) is 19.2. The van der Waals surface area contributed by atoms with Crippen molar-refractivity contribution in [2.45, 2.75) is 44.7 Å². The Bertz CT molecular complexity index is 1390. The van der Waals surface area contributed by atoms with Crippen molar-refractivity contribution in [3.8, 4) is 5.75 Å². The highest BCUT2D eigenvalue weighted by atomic mass is 35.5. The summed E-state index contributed by atoms with van der Waals surface area (Å²) >= 11 is 6.20. The molecule has 1 saturated heterocycles. The second-order valence-electron chi connectivity index (χ2n) is 9.82. The van der Waals surface area contributed by atoms with Crippen molar-refractivity contribution in [1.82, 2.24) is 14.7 Å². The van der Waals surface area contributed by atoms with Crippen LogP contribution in [0.25, 0.3) is 0 Å². The Morgan fingerprint density at radius 3 is 2.72 bits per heavy atom. The third-order valence-corrected chi connectivity index (χ3v) is 6.65. The molecule has 3 heterocycles. The first-order chi connectivity index (χ1) is 18.6. The van der Waals surface area contributed by atoms with Crippen LogP contribution in [0.4, 0.5) is 10.2 Å². The summed E-state index contributed by atoms with van der Waals surface area (Å²) in [6, 6.07) is 13.5. The first-order valence-electron chi connectivity index (χ1n) is 12.5. The zero-order valence-electron chi connectivity index (χ0n) is 21.5. The fraction of sp³-hybridized carbons (Fsp3) is 0.321. The lowest BCUT2D eigenvalue weighted by molar-refractivity contribution is -0.139. The molecule has 2 aliphatic heterocycles. The number of anilines is 1. The van der Waals surface area contributed by atoms with Gasteiger partial charge in [-0.3, -0.25) is 14.3 Å². The summed E-state index contributed by atoms with van der Waals surface area (Å²) in [6.45, 7) is 4.66. The minimum absolute atomic E-state index is 0.0621. The molecule has 11 heteroatoms. The number of nitrogens with zero attached hydrogens (tertiary/aromatic N) is 3. The maximum absolute atomic E-state index is 13.5. The van der Waals surface area contributed by atoms with Gasteiger partial charge in [-0.05, 0) is 43.7 Å². The second kappa shape index (κ2) is 11.2. The molecule has 2 aliphatic rings. The van der Waals surface area contributed by atoms with Gasteiger partial charge in [0.1, 0.15) is 29.5 Å². The Hall–Kier alpha value is -3.73. The maximum atomic E-state index is 13.5. The molecule has 2 aromatic carbocycles. The summed E-state index contributed by atoms with van der Waals surface area (Å²) in [5, 5.41) is 7.64. The van der Waals surface area contributed by atoms with Crippen molar-refractivity contribution < 1.29 is 28.2 Å². The number of benzene rings is 2. The van der Waals surface area contributed by atoms with E-state index >= 15 is 0 Å². The van der Waals surface area contributed by atoms with Gasteiger partial charge in [0.25, 0.3) is 5.91 Å². The van der Waals surface area contributed by atoms with Gasteiger partial charge in [-0.1, -0.05) is 35.9 Å². The third-order valence-electron chi connectivity index (χ3n) is 6.34. The first-order valence-corrected chi connectivity index (χ1v) is 12.9. The molecule has 0 saturated carbocycles. The predicted molar refractivity (Wildman–Crippen MR) is 142 cm³/mol. The Morgan fingerprint density at radius 1 is 1.23 bits per heavy atom. The Labute approximate surface area is 230 Å². The minimum Gasteiger partial charge on any atom is -0.458 e. The molecule has 0 spiro atoms. The van der Waals surface area contributed by atoms with Gasteiger partial charge in [0, 0.05) is 24.8 Å². The number of ether oxygens (including phenoxy) is 3. The van der Waals surface area contributed by atoms with Crippen LogP contribution in [0.15, 0.2) is 72.6 Å². The van der Waals surface area contributed by atoms with Crippen molar-refractivity contribution in [3.63, 3.8) is 0 Å². The SMILES string of the molecule is CC1(C)OCC(Cn2ccc(NC(=O)C(Cc3ccc(F)cc3)N3CC(Oc4ccccc4Cl)=CC3=O)n2)O1. The molecule has 2 unspecified atom stereocenters. The van der Waals surface area contributed by atoms with Crippen molar-refractivity contribution in [3.05, 3.63) is 89.0 Å². The molecule has 0 bridgehead atoms. The van der Waals surface area contributed by atoms with E-state index in [1.165, 1.54) is 23.1 Å². The van der Waals surface area contributed by atoms with Crippen molar-refractivity contribution in [2.75, 3.05) is 18.5 Å². The molecule has 2 amide bonds. The number of hydrogen-bond acceptors (Lipinski definition) is 6. The molecule has 0 aliphatic carbocycles. The number of carbonyl (C=O) groups excluding carboxylic acids is 2. The van der Waals surface area contributed by atoms with Gasteiger partial charge in [-0.2, -0.15) is 5.10 Å². The second-order valence-corrected chi connectivity index (χ2v) is 10.2. The van der Waals surface area contributed by atoms with Crippen LogP contribution in [-0.4, -0.2) is 57.6 Å². The van der Waals surface area contributed by atoms with Crippen LogP contribution in [0.1, 0.15) is 19.4 Å². The molecule has 3 aromatic rings. The number of halogens is 2. The monoisotopic (exact) mass is 554 g/mol. The lowest BCUT2D eigenvalue weighted by Gasteiger charge is -2.27. The van der Waals surface area contributed by atoms with Crippen LogP contribution >= 0.6 is 11.6 Å². The molecule has 1 fully saturated rings. The van der Waals surface area contributed by atoms with Crippen LogP contribution < -0.4 is 10.1 Å². The van der Waals surface area contributed by atoms with E-state index in [4.69, 9.17) is 25.8 Å². The van der Waals surface area contributed by atoms with E-state index in [0.717, 1.165) is 0 Å². The molecule has 5 rings (SSSR count).